The number of aliphatic hydroxyl groups is 1. The second-order valence-corrected chi connectivity index (χ2v) is 6.88. The van der Waals surface area contributed by atoms with Crippen LogP contribution in [-0.2, 0) is 11.8 Å². The van der Waals surface area contributed by atoms with Crippen LogP contribution in [0.4, 0.5) is 0 Å². The zero-order valence-corrected chi connectivity index (χ0v) is 15.0. The van der Waals surface area contributed by atoms with Gasteiger partial charge in [-0.3, -0.25) is 9.48 Å². The normalized spacial score (nSPS) is 21.0. The maximum Gasteiger partial charge on any atom is 0.246 e. The van der Waals surface area contributed by atoms with Crippen molar-refractivity contribution in [2.24, 2.45) is 13.0 Å². The first-order valence-electron chi connectivity index (χ1n) is 8.62. The van der Waals surface area contributed by atoms with Crippen LogP contribution in [0, 0.1) is 12.8 Å². The van der Waals surface area contributed by atoms with E-state index >= 15 is 0 Å². The Hall–Kier alpha value is -2.40. The number of hydrogen-bond donors (Lipinski definition) is 1. The molecule has 5 nitrogen and oxygen atoms in total. The molecule has 0 aliphatic carbocycles. The number of hydrogen-bond acceptors (Lipinski definition) is 3. The first-order chi connectivity index (χ1) is 12.0. The van der Waals surface area contributed by atoms with Crippen LogP contribution in [0.5, 0.6) is 0 Å². The summed E-state index contributed by atoms with van der Waals surface area (Å²) >= 11 is 0. The Bertz CT molecular complexity index is 794. The monoisotopic (exact) mass is 339 g/mol. The zero-order valence-electron chi connectivity index (χ0n) is 15.0. The summed E-state index contributed by atoms with van der Waals surface area (Å²) in [4.78, 5) is 14.6. The van der Waals surface area contributed by atoms with Crippen molar-refractivity contribution in [2.45, 2.75) is 19.8 Å². The van der Waals surface area contributed by atoms with Crippen molar-refractivity contribution in [1.29, 1.82) is 0 Å². The quantitative estimate of drug-likeness (QED) is 0.870. The van der Waals surface area contributed by atoms with Crippen LogP contribution >= 0.6 is 0 Å². The highest BCUT2D eigenvalue weighted by molar-refractivity contribution is 5.95. The number of aryl methyl sites for hydroxylation is 2. The molecule has 3 rings (SSSR count). The average Bonchev–Trinajstić information content (AvgIpc) is 3.20. The molecule has 1 aliphatic rings. The van der Waals surface area contributed by atoms with Crippen LogP contribution < -0.4 is 0 Å². The number of nitrogens with zero attached hydrogens (tertiary/aromatic N) is 3. The van der Waals surface area contributed by atoms with Gasteiger partial charge >= 0.3 is 0 Å². The van der Waals surface area contributed by atoms with Crippen LogP contribution in [0.25, 0.3) is 5.57 Å². The molecule has 1 N–H and O–H groups in total. The van der Waals surface area contributed by atoms with Crippen molar-refractivity contribution in [1.82, 2.24) is 14.7 Å². The van der Waals surface area contributed by atoms with E-state index in [2.05, 4.69) is 5.10 Å². The van der Waals surface area contributed by atoms with Gasteiger partial charge in [-0.05, 0) is 36.1 Å². The van der Waals surface area contributed by atoms with Gasteiger partial charge in [0, 0.05) is 50.9 Å². The third-order valence-corrected chi connectivity index (χ3v) is 5.05. The Morgan fingerprint density at radius 2 is 2.12 bits per heavy atom. The molecule has 2 atom stereocenters. The molecule has 1 aromatic heterocycles. The Morgan fingerprint density at radius 3 is 2.76 bits per heavy atom. The molecule has 0 bridgehead atoms. The lowest BCUT2D eigenvalue weighted by molar-refractivity contribution is -0.125. The maximum absolute atomic E-state index is 12.7. The first kappa shape index (κ1) is 17.4. The standard InChI is InChI=1S/C20H25N3O2/c1-14-6-4-5-7-18(14)15(2)8-20(25)23-11-17(13-24)19(12-23)16-9-21-22(3)10-16/h4-10,17,19,24H,11-13H2,1-3H3/b15-8+/t17-,19-/m0/s1. The molecule has 0 saturated carbocycles. The number of carbonyl (C=O) groups excluding carboxylic acids is 1. The number of benzene rings is 1. The van der Waals surface area contributed by atoms with Gasteiger partial charge in [-0.25, -0.2) is 0 Å². The SMILES string of the molecule is C/C(=C\C(=O)N1C[C@@H](CO)[C@H](c2cnn(C)c2)C1)c1ccccc1C. The number of amides is 1. The highest BCUT2D eigenvalue weighted by Gasteiger charge is 2.35. The van der Waals surface area contributed by atoms with E-state index in [0.717, 1.165) is 22.3 Å². The van der Waals surface area contributed by atoms with Crippen LogP contribution in [0.2, 0.25) is 0 Å². The fraction of sp³-hybridized carbons (Fsp3) is 0.400. The highest BCUT2D eigenvalue weighted by Crippen LogP contribution is 2.32. The Balaban J connectivity index is 1.77. The summed E-state index contributed by atoms with van der Waals surface area (Å²) in [5, 5.41) is 13.9. The molecule has 1 amide bonds. The van der Waals surface area contributed by atoms with Crippen LogP contribution in [-0.4, -0.2) is 45.4 Å². The van der Waals surface area contributed by atoms with Crippen molar-refractivity contribution in [2.75, 3.05) is 19.7 Å². The van der Waals surface area contributed by atoms with Gasteiger partial charge in [0.15, 0.2) is 0 Å². The smallest absolute Gasteiger partial charge is 0.246 e. The topological polar surface area (TPSA) is 58.4 Å². The summed E-state index contributed by atoms with van der Waals surface area (Å²) in [6.07, 6.45) is 5.51. The van der Waals surface area contributed by atoms with Gasteiger partial charge < -0.3 is 10.0 Å². The van der Waals surface area contributed by atoms with Gasteiger partial charge in [0.05, 0.1) is 6.20 Å². The van der Waals surface area contributed by atoms with E-state index in [9.17, 15) is 9.90 Å². The number of aromatic nitrogens is 2. The molecule has 1 aliphatic heterocycles. The minimum atomic E-state index is 0.00518. The summed E-state index contributed by atoms with van der Waals surface area (Å²) in [6, 6.07) is 8.07. The zero-order chi connectivity index (χ0) is 18.0. The third-order valence-electron chi connectivity index (χ3n) is 5.05. The molecule has 1 saturated heterocycles. The molecule has 2 heterocycles. The van der Waals surface area contributed by atoms with Crippen LogP contribution in [0.15, 0.2) is 42.7 Å². The van der Waals surface area contributed by atoms with Gasteiger partial charge in [0.1, 0.15) is 0 Å². The molecular weight excluding hydrogens is 314 g/mol. The predicted octanol–water partition coefficient (Wildman–Crippen LogP) is 2.37. The summed E-state index contributed by atoms with van der Waals surface area (Å²) < 4.78 is 1.76. The molecule has 132 valence electrons. The second kappa shape index (κ2) is 7.23. The van der Waals surface area contributed by atoms with E-state index in [0.29, 0.717) is 13.1 Å². The van der Waals surface area contributed by atoms with E-state index in [1.54, 1.807) is 10.8 Å². The lowest BCUT2D eigenvalue weighted by Gasteiger charge is -2.15. The average molecular weight is 339 g/mol. The van der Waals surface area contributed by atoms with Crippen LogP contribution in [0.1, 0.15) is 29.5 Å². The Morgan fingerprint density at radius 1 is 1.36 bits per heavy atom. The number of likely N-dealkylation sites (tertiary alicyclic amines) is 1. The van der Waals surface area contributed by atoms with Crippen molar-refractivity contribution < 1.29 is 9.90 Å². The third kappa shape index (κ3) is 3.66. The lowest BCUT2D eigenvalue weighted by Crippen LogP contribution is -2.27. The summed E-state index contributed by atoms with van der Waals surface area (Å²) in [5.74, 6) is 0.195. The molecule has 1 aromatic carbocycles. The molecular formula is C20H25N3O2. The highest BCUT2D eigenvalue weighted by atomic mass is 16.3. The van der Waals surface area contributed by atoms with Crippen molar-refractivity contribution in [3.63, 3.8) is 0 Å². The van der Waals surface area contributed by atoms with E-state index < -0.39 is 0 Å². The van der Waals surface area contributed by atoms with Gasteiger partial charge in [-0.15, -0.1) is 0 Å². The predicted molar refractivity (Wildman–Crippen MR) is 97.9 cm³/mol. The van der Waals surface area contributed by atoms with Crippen molar-refractivity contribution >= 4 is 11.5 Å². The van der Waals surface area contributed by atoms with Crippen molar-refractivity contribution in [3.8, 4) is 0 Å². The molecule has 2 aromatic rings. The largest absolute Gasteiger partial charge is 0.396 e. The summed E-state index contributed by atoms with van der Waals surface area (Å²) in [5.41, 5.74) is 4.30. The Labute approximate surface area is 148 Å². The summed E-state index contributed by atoms with van der Waals surface area (Å²) in [6.45, 7) is 5.29. The maximum atomic E-state index is 12.7. The van der Waals surface area contributed by atoms with Gasteiger partial charge in [0.2, 0.25) is 5.91 Å². The number of carbonyl (C=O) groups is 1. The van der Waals surface area contributed by atoms with E-state index in [1.807, 2.05) is 62.5 Å². The van der Waals surface area contributed by atoms with Gasteiger partial charge in [-0.1, -0.05) is 24.3 Å². The molecule has 1 fully saturated rings. The molecule has 0 unspecified atom stereocenters. The van der Waals surface area contributed by atoms with E-state index in [4.69, 9.17) is 0 Å². The molecule has 0 spiro atoms. The number of aliphatic hydroxyl groups excluding tert-OH is 1. The molecule has 0 radical (unpaired) electrons. The molecule has 25 heavy (non-hydrogen) atoms. The van der Waals surface area contributed by atoms with Gasteiger partial charge in [-0.2, -0.15) is 5.10 Å². The van der Waals surface area contributed by atoms with Crippen LogP contribution in [0.3, 0.4) is 0 Å². The minimum Gasteiger partial charge on any atom is -0.396 e. The van der Waals surface area contributed by atoms with E-state index in [1.165, 1.54) is 0 Å². The van der Waals surface area contributed by atoms with Crippen molar-refractivity contribution in [3.05, 3.63) is 59.4 Å². The fourth-order valence-corrected chi connectivity index (χ4v) is 3.62. The summed E-state index contributed by atoms with van der Waals surface area (Å²) in [7, 11) is 1.88. The second-order valence-electron chi connectivity index (χ2n) is 6.88. The fourth-order valence-electron chi connectivity index (χ4n) is 3.62. The first-order valence-corrected chi connectivity index (χ1v) is 8.62. The molecule has 5 heteroatoms. The lowest BCUT2D eigenvalue weighted by atomic mass is 9.92. The van der Waals surface area contributed by atoms with Gasteiger partial charge in [0.25, 0.3) is 0 Å². The minimum absolute atomic E-state index is 0.00518. The number of rotatable bonds is 4. The Kier molecular flexibility index (Phi) is 5.04. The number of allylic oxidation sites excluding steroid dienone is 1. The van der Waals surface area contributed by atoms with E-state index in [-0.39, 0.29) is 24.3 Å².